The predicted molar refractivity (Wildman–Crippen MR) is 41.9 cm³/mol. The van der Waals surface area contributed by atoms with Gasteiger partial charge in [-0.25, -0.2) is 0 Å². The number of ether oxygens (including phenoxy) is 1. The lowest BCUT2D eigenvalue weighted by Crippen LogP contribution is -2.26. The molecule has 0 saturated carbocycles. The maximum Gasteiger partial charge on any atom is 0.0801 e. The Balaban J connectivity index is 3.58. The van der Waals surface area contributed by atoms with Gasteiger partial charge in [-0.2, -0.15) is 0 Å². The molecular formula is C8H18O2. The summed E-state index contributed by atoms with van der Waals surface area (Å²) in [7, 11) is 1.61. The molecule has 0 aromatic heterocycles. The largest absolute Gasteiger partial charge is 0.390 e. The van der Waals surface area contributed by atoms with Gasteiger partial charge >= 0.3 is 0 Å². The smallest absolute Gasteiger partial charge is 0.0801 e. The van der Waals surface area contributed by atoms with E-state index in [1.165, 1.54) is 0 Å². The highest BCUT2D eigenvalue weighted by Crippen LogP contribution is 2.14. The number of aliphatic hydroxyl groups is 1. The van der Waals surface area contributed by atoms with Crippen LogP contribution in [0.15, 0.2) is 0 Å². The number of methoxy groups -OCH3 is 1. The van der Waals surface area contributed by atoms with Crippen molar-refractivity contribution in [3.05, 3.63) is 0 Å². The number of hydrogen-bond acceptors (Lipinski definition) is 2. The molecule has 0 spiro atoms. The highest BCUT2D eigenvalue weighted by molar-refractivity contribution is 4.66. The Bertz CT molecular complexity index is 81.3. The Hall–Kier alpha value is -0.0800. The average molecular weight is 146 g/mol. The van der Waals surface area contributed by atoms with Crippen LogP contribution in [0.5, 0.6) is 0 Å². The number of aliphatic hydroxyl groups excluding tert-OH is 1. The van der Waals surface area contributed by atoms with Gasteiger partial charge in [-0.3, -0.25) is 0 Å². The molecule has 1 N–H and O–H groups in total. The minimum absolute atomic E-state index is 0.315. The summed E-state index contributed by atoms with van der Waals surface area (Å²) in [6.45, 7) is 6.68. The van der Waals surface area contributed by atoms with Crippen LogP contribution in [0.1, 0.15) is 20.8 Å². The van der Waals surface area contributed by atoms with Crippen molar-refractivity contribution in [1.82, 2.24) is 0 Å². The molecule has 0 radical (unpaired) electrons. The summed E-state index contributed by atoms with van der Waals surface area (Å²) in [6, 6.07) is 0. The zero-order valence-corrected chi connectivity index (χ0v) is 7.29. The van der Waals surface area contributed by atoms with Gasteiger partial charge in [0.15, 0.2) is 0 Å². The molecule has 0 amide bonds. The van der Waals surface area contributed by atoms with E-state index < -0.39 is 0 Å². The molecule has 0 aromatic rings. The van der Waals surface area contributed by atoms with E-state index in [0.717, 1.165) is 0 Å². The minimum atomic E-state index is -0.315. The van der Waals surface area contributed by atoms with E-state index in [1.54, 1.807) is 7.11 Å². The lowest BCUT2D eigenvalue weighted by Gasteiger charge is -2.21. The number of hydrogen-bond donors (Lipinski definition) is 1. The molecule has 10 heavy (non-hydrogen) atoms. The van der Waals surface area contributed by atoms with Crippen LogP contribution < -0.4 is 0 Å². The predicted octanol–water partition coefficient (Wildman–Crippen LogP) is 1.29. The second kappa shape index (κ2) is 4.69. The van der Waals surface area contributed by atoms with Crippen LogP contribution in [-0.4, -0.2) is 24.9 Å². The van der Waals surface area contributed by atoms with Crippen molar-refractivity contribution >= 4 is 0 Å². The van der Waals surface area contributed by atoms with E-state index in [-0.39, 0.29) is 6.10 Å². The lowest BCUT2D eigenvalue weighted by atomic mass is 9.93. The van der Waals surface area contributed by atoms with E-state index in [0.29, 0.717) is 18.4 Å². The van der Waals surface area contributed by atoms with Gasteiger partial charge in [0, 0.05) is 7.11 Å². The van der Waals surface area contributed by atoms with Gasteiger partial charge in [0.25, 0.3) is 0 Å². The summed E-state index contributed by atoms with van der Waals surface area (Å²) in [5.74, 6) is 0.838. The van der Waals surface area contributed by atoms with Crippen molar-refractivity contribution in [1.29, 1.82) is 0 Å². The van der Waals surface area contributed by atoms with Gasteiger partial charge in [0.05, 0.1) is 12.7 Å². The molecular weight excluding hydrogens is 128 g/mol. The third-order valence-electron chi connectivity index (χ3n) is 2.00. The standard InChI is InChI=1S/C8H18O2/c1-6(2)7(3)8(9)5-10-4/h6-9H,5H2,1-4H3. The van der Waals surface area contributed by atoms with E-state index in [4.69, 9.17) is 4.74 Å². The SMILES string of the molecule is COCC(O)C(C)C(C)C. The third-order valence-corrected chi connectivity index (χ3v) is 2.00. The summed E-state index contributed by atoms with van der Waals surface area (Å²) in [5, 5.41) is 9.36. The lowest BCUT2D eigenvalue weighted by molar-refractivity contribution is 0.0169. The highest BCUT2D eigenvalue weighted by Gasteiger charge is 2.16. The third kappa shape index (κ3) is 3.18. The van der Waals surface area contributed by atoms with Crippen LogP contribution >= 0.6 is 0 Å². The normalized spacial score (nSPS) is 17.4. The Labute approximate surface area is 63.2 Å². The van der Waals surface area contributed by atoms with E-state index in [9.17, 15) is 5.11 Å². The van der Waals surface area contributed by atoms with E-state index >= 15 is 0 Å². The summed E-state index contributed by atoms with van der Waals surface area (Å²) in [4.78, 5) is 0. The molecule has 2 unspecified atom stereocenters. The Morgan fingerprint density at radius 1 is 1.30 bits per heavy atom. The second-order valence-corrected chi connectivity index (χ2v) is 3.13. The van der Waals surface area contributed by atoms with Gasteiger partial charge in [0.2, 0.25) is 0 Å². The Kier molecular flexibility index (Phi) is 4.65. The average Bonchev–Trinajstić information content (AvgIpc) is 1.87. The van der Waals surface area contributed by atoms with Crippen molar-refractivity contribution in [2.45, 2.75) is 26.9 Å². The van der Waals surface area contributed by atoms with Gasteiger partial charge in [-0.15, -0.1) is 0 Å². The molecule has 0 rings (SSSR count). The zero-order chi connectivity index (χ0) is 8.15. The molecule has 0 aliphatic carbocycles. The summed E-state index contributed by atoms with van der Waals surface area (Å²) >= 11 is 0. The van der Waals surface area contributed by atoms with Gasteiger partial charge < -0.3 is 9.84 Å². The molecule has 0 aromatic carbocycles. The van der Waals surface area contributed by atoms with Gasteiger partial charge in [-0.1, -0.05) is 20.8 Å². The summed E-state index contributed by atoms with van der Waals surface area (Å²) in [5.41, 5.74) is 0. The molecule has 0 bridgehead atoms. The Morgan fingerprint density at radius 2 is 1.80 bits per heavy atom. The van der Waals surface area contributed by atoms with Crippen molar-refractivity contribution < 1.29 is 9.84 Å². The summed E-state index contributed by atoms with van der Waals surface area (Å²) < 4.78 is 4.82. The van der Waals surface area contributed by atoms with Crippen LogP contribution in [-0.2, 0) is 4.74 Å². The second-order valence-electron chi connectivity index (χ2n) is 3.13. The molecule has 0 fully saturated rings. The fraction of sp³-hybridized carbons (Fsp3) is 1.00. The molecule has 2 atom stereocenters. The maximum absolute atomic E-state index is 9.36. The molecule has 2 heteroatoms. The van der Waals surface area contributed by atoms with E-state index in [1.807, 2.05) is 6.92 Å². The first-order valence-corrected chi connectivity index (χ1v) is 3.76. The molecule has 0 heterocycles. The molecule has 0 saturated heterocycles. The molecule has 62 valence electrons. The van der Waals surface area contributed by atoms with E-state index in [2.05, 4.69) is 13.8 Å². The van der Waals surface area contributed by atoms with Crippen molar-refractivity contribution in [3.8, 4) is 0 Å². The van der Waals surface area contributed by atoms with Crippen LogP contribution in [0.3, 0.4) is 0 Å². The van der Waals surface area contributed by atoms with Crippen molar-refractivity contribution in [3.63, 3.8) is 0 Å². The van der Waals surface area contributed by atoms with Gasteiger partial charge in [-0.05, 0) is 11.8 Å². The maximum atomic E-state index is 9.36. The fourth-order valence-corrected chi connectivity index (χ4v) is 0.767. The van der Waals surface area contributed by atoms with Gasteiger partial charge in [0.1, 0.15) is 0 Å². The quantitative estimate of drug-likeness (QED) is 0.647. The highest BCUT2D eigenvalue weighted by atomic mass is 16.5. The molecule has 2 nitrogen and oxygen atoms in total. The monoisotopic (exact) mass is 146 g/mol. The molecule has 0 aliphatic heterocycles. The summed E-state index contributed by atoms with van der Waals surface area (Å²) in [6.07, 6.45) is -0.315. The Morgan fingerprint density at radius 3 is 2.10 bits per heavy atom. The fourth-order valence-electron chi connectivity index (χ4n) is 0.767. The van der Waals surface area contributed by atoms with Crippen LogP contribution in [0.2, 0.25) is 0 Å². The minimum Gasteiger partial charge on any atom is -0.390 e. The van der Waals surface area contributed by atoms with Crippen LogP contribution in [0, 0.1) is 11.8 Å². The molecule has 0 aliphatic rings. The number of rotatable bonds is 4. The van der Waals surface area contributed by atoms with Crippen LogP contribution in [0.4, 0.5) is 0 Å². The first-order valence-electron chi connectivity index (χ1n) is 3.76. The van der Waals surface area contributed by atoms with Crippen LogP contribution in [0.25, 0.3) is 0 Å². The van der Waals surface area contributed by atoms with Crippen molar-refractivity contribution in [2.75, 3.05) is 13.7 Å². The zero-order valence-electron chi connectivity index (χ0n) is 7.29. The topological polar surface area (TPSA) is 29.5 Å². The van der Waals surface area contributed by atoms with Crippen molar-refractivity contribution in [2.24, 2.45) is 11.8 Å². The first-order chi connectivity index (χ1) is 4.59. The first kappa shape index (κ1) is 9.92.